The predicted octanol–water partition coefficient (Wildman–Crippen LogP) is 5.06. The largest absolute Gasteiger partial charge is 0.0979 e. The van der Waals surface area contributed by atoms with Gasteiger partial charge in [-0.25, -0.2) is 0 Å². The van der Waals surface area contributed by atoms with Gasteiger partial charge in [-0.3, -0.25) is 0 Å². The standard InChI is InChI=1S/C14H17Br/c1-4-14(15)10-12(3)13-7-5-6-11(2)8-9-13/h4,8-10H,1,3,5-7H2,2H3/b14-10+. The maximum atomic E-state index is 4.08. The lowest BCUT2D eigenvalue weighted by atomic mass is 10.0. The number of hydrogen-bond donors (Lipinski definition) is 0. The summed E-state index contributed by atoms with van der Waals surface area (Å²) in [4.78, 5) is 0. The Morgan fingerprint density at radius 3 is 2.80 bits per heavy atom. The quantitative estimate of drug-likeness (QED) is 0.625. The Bertz CT molecular complexity index is 354. The molecule has 1 heteroatoms. The lowest BCUT2D eigenvalue weighted by molar-refractivity contribution is 0.821. The van der Waals surface area contributed by atoms with Crippen molar-refractivity contribution in [2.24, 2.45) is 0 Å². The molecule has 0 saturated heterocycles. The first kappa shape index (κ1) is 12.3. The van der Waals surface area contributed by atoms with Gasteiger partial charge in [-0.2, -0.15) is 0 Å². The third-order valence-electron chi connectivity index (χ3n) is 2.51. The Balaban J connectivity index is 2.80. The summed E-state index contributed by atoms with van der Waals surface area (Å²) in [6.07, 6.45) is 11.7. The van der Waals surface area contributed by atoms with E-state index in [1.54, 1.807) is 6.08 Å². The van der Waals surface area contributed by atoms with Gasteiger partial charge in [0, 0.05) is 4.48 Å². The van der Waals surface area contributed by atoms with Crippen molar-refractivity contribution in [2.75, 3.05) is 0 Å². The van der Waals surface area contributed by atoms with E-state index < -0.39 is 0 Å². The zero-order chi connectivity index (χ0) is 11.3. The van der Waals surface area contributed by atoms with E-state index in [4.69, 9.17) is 0 Å². The van der Waals surface area contributed by atoms with Crippen molar-refractivity contribution in [3.8, 4) is 0 Å². The first-order valence-electron chi connectivity index (χ1n) is 5.18. The fraction of sp³-hybridized carbons (Fsp3) is 0.286. The molecule has 0 aliphatic heterocycles. The number of hydrogen-bond acceptors (Lipinski definition) is 0. The average molecular weight is 265 g/mol. The van der Waals surface area contributed by atoms with Crippen molar-refractivity contribution in [1.29, 1.82) is 0 Å². The molecule has 0 fully saturated rings. The number of halogens is 1. The highest BCUT2D eigenvalue weighted by Gasteiger charge is 2.04. The van der Waals surface area contributed by atoms with E-state index in [0.717, 1.165) is 16.5 Å². The Morgan fingerprint density at radius 1 is 1.40 bits per heavy atom. The molecular formula is C14H17Br. The summed E-state index contributed by atoms with van der Waals surface area (Å²) in [5.41, 5.74) is 3.85. The lowest BCUT2D eigenvalue weighted by Gasteiger charge is -2.04. The average Bonchev–Trinajstić information content (AvgIpc) is 2.42. The molecule has 0 N–H and O–H groups in total. The monoisotopic (exact) mass is 264 g/mol. The summed E-state index contributed by atoms with van der Waals surface area (Å²) in [7, 11) is 0. The van der Waals surface area contributed by atoms with Crippen LogP contribution in [0.1, 0.15) is 26.2 Å². The first-order chi connectivity index (χ1) is 7.13. The minimum Gasteiger partial charge on any atom is -0.0979 e. The van der Waals surface area contributed by atoms with Crippen LogP contribution in [0.4, 0.5) is 0 Å². The van der Waals surface area contributed by atoms with Gasteiger partial charge in [-0.05, 0) is 43.4 Å². The number of allylic oxidation sites excluding steroid dienone is 8. The van der Waals surface area contributed by atoms with Crippen LogP contribution in [0.25, 0.3) is 0 Å². The maximum Gasteiger partial charge on any atom is 0.0175 e. The lowest BCUT2D eigenvalue weighted by Crippen LogP contribution is -1.85. The van der Waals surface area contributed by atoms with E-state index in [1.165, 1.54) is 24.0 Å². The highest BCUT2D eigenvalue weighted by Crippen LogP contribution is 2.24. The third kappa shape index (κ3) is 4.05. The summed E-state index contributed by atoms with van der Waals surface area (Å²) in [5, 5.41) is 0. The van der Waals surface area contributed by atoms with Gasteiger partial charge in [0.05, 0.1) is 0 Å². The van der Waals surface area contributed by atoms with Crippen LogP contribution >= 0.6 is 15.9 Å². The van der Waals surface area contributed by atoms with Crippen LogP contribution in [0, 0.1) is 0 Å². The molecule has 0 atom stereocenters. The Labute approximate surface area is 101 Å². The van der Waals surface area contributed by atoms with Gasteiger partial charge >= 0.3 is 0 Å². The van der Waals surface area contributed by atoms with Crippen molar-refractivity contribution in [2.45, 2.75) is 26.2 Å². The normalized spacial score (nSPS) is 17.6. The Morgan fingerprint density at radius 2 is 2.13 bits per heavy atom. The molecule has 0 heterocycles. The van der Waals surface area contributed by atoms with Crippen molar-refractivity contribution >= 4 is 15.9 Å². The zero-order valence-electron chi connectivity index (χ0n) is 9.22. The van der Waals surface area contributed by atoms with E-state index in [1.807, 2.05) is 6.08 Å². The van der Waals surface area contributed by atoms with E-state index in [2.05, 4.69) is 48.2 Å². The number of rotatable bonds is 3. The van der Waals surface area contributed by atoms with Crippen molar-refractivity contribution in [3.05, 3.63) is 58.7 Å². The van der Waals surface area contributed by atoms with Gasteiger partial charge in [0.1, 0.15) is 0 Å². The summed E-state index contributed by atoms with van der Waals surface area (Å²) in [6.45, 7) is 9.96. The summed E-state index contributed by atoms with van der Waals surface area (Å²) in [6, 6.07) is 0. The molecular weight excluding hydrogens is 248 g/mol. The molecule has 1 rings (SSSR count). The Hall–Kier alpha value is -0.820. The summed E-state index contributed by atoms with van der Waals surface area (Å²) in [5.74, 6) is 0. The van der Waals surface area contributed by atoms with Crippen molar-refractivity contribution < 1.29 is 0 Å². The van der Waals surface area contributed by atoms with Crippen LogP contribution in [-0.4, -0.2) is 0 Å². The van der Waals surface area contributed by atoms with Gasteiger partial charge in [0.15, 0.2) is 0 Å². The van der Waals surface area contributed by atoms with E-state index in [9.17, 15) is 0 Å². The fourth-order valence-electron chi connectivity index (χ4n) is 1.55. The highest BCUT2D eigenvalue weighted by molar-refractivity contribution is 9.11. The Kier molecular flexibility index (Phi) is 4.83. The van der Waals surface area contributed by atoms with Gasteiger partial charge in [0.2, 0.25) is 0 Å². The topological polar surface area (TPSA) is 0 Å². The fourth-order valence-corrected chi connectivity index (χ4v) is 1.83. The van der Waals surface area contributed by atoms with Crippen molar-refractivity contribution in [3.63, 3.8) is 0 Å². The van der Waals surface area contributed by atoms with E-state index >= 15 is 0 Å². The molecule has 15 heavy (non-hydrogen) atoms. The van der Waals surface area contributed by atoms with Gasteiger partial charge in [0.25, 0.3) is 0 Å². The minimum absolute atomic E-state index is 0.985. The molecule has 0 amide bonds. The molecule has 0 saturated carbocycles. The summed E-state index contributed by atoms with van der Waals surface area (Å²) >= 11 is 3.42. The second-order valence-electron chi connectivity index (χ2n) is 3.82. The second-order valence-corrected chi connectivity index (χ2v) is 4.73. The SMILES string of the molecule is C=C/C(Br)=C\C(=C)C1=CC=C(C)CCC1. The van der Waals surface area contributed by atoms with Crippen LogP contribution in [0.15, 0.2) is 58.7 Å². The smallest absolute Gasteiger partial charge is 0.0175 e. The molecule has 0 aromatic rings. The molecule has 0 aromatic heterocycles. The highest BCUT2D eigenvalue weighted by atomic mass is 79.9. The maximum absolute atomic E-state index is 4.08. The molecule has 0 aromatic carbocycles. The van der Waals surface area contributed by atoms with E-state index in [-0.39, 0.29) is 0 Å². The van der Waals surface area contributed by atoms with Crippen LogP contribution in [0.2, 0.25) is 0 Å². The van der Waals surface area contributed by atoms with Crippen molar-refractivity contribution in [1.82, 2.24) is 0 Å². The molecule has 1 aliphatic carbocycles. The predicted molar refractivity (Wildman–Crippen MR) is 72.0 cm³/mol. The van der Waals surface area contributed by atoms with Gasteiger partial charge < -0.3 is 0 Å². The molecule has 0 radical (unpaired) electrons. The van der Waals surface area contributed by atoms with Crippen LogP contribution in [0.3, 0.4) is 0 Å². The second kappa shape index (κ2) is 5.92. The van der Waals surface area contributed by atoms with Crippen LogP contribution < -0.4 is 0 Å². The first-order valence-corrected chi connectivity index (χ1v) is 5.98. The van der Waals surface area contributed by atoms with Gasteiger partial charge in [-0.1, -0.05) is 52.9 Å². The zero-order valence-corrected chi connectivity index (χ0v) is 10.8. The van der Waals surface area contributed by atoms with Gasteiger partial charge in [-0.15, -0.1) is 0 Å². The molecule has 0 bridgehead atoms. The molecule has 1 aliphatic rings. The minimum atomic E-state index is 0.985. The summed E-state index contributed by atoms with van der Waals surface area (Å²) < 4.78 is 0.985. The molecule has 0 spiro atoms. The molecule has 80 valence electrons. The van der Waals surface area contributed by atoms with E-state index in [0.29, 0.717) is 0 Å². The molecule has 0 unspecified atom stereocenters. The van der Waals surface area contributed by atoms with Crippen LogP contribution in [0.5, 0.6) is 0 Å². The third-order valence-corrected chi connectivity index (χ3v) is 3.06. The van der Waals surface area contributed by atoms with Crippen LogP contribution in [-0.2, 0) is 0 Å². The molecule has 0 nitrogen and oxygen atoms in total.